The van der Waals surface area contributed by atoms with Crippen LogP contribution in [-0.4, -0.2) is 26.0 Å². The highest BCUT2D eigenvalue weighted by molar-refractivity contribution is 5.81. The predicted octanol–water partition coefficient (Wildman–Crippen LogP) is 2.50. The molecule has 0 aliphatic heterocycles. The summed E-state index contributed by atoms with van der Waals surface area (Å²) < 4.78 is 1.87. The van der Waals surface area contributed by atoms with Crippen LogP contribution in [-0.2, 0) is 19.9 Å². The van der Waals surface area contributed by atoms with E-state index in [4.69, 9.17) is 0 Å². The van der Waals surface area contributed by atoms with Crippen LogP contribution in [0.1, 0.15) is 17.8 Å². The van der Waals surface area contributed by atoms with Gasteiger partial charge in [-0.3, -0.25) is 9.67 Å². The third kappa shape index (κ3) is 3.11. The molecule has 4 nitrogen and oxygen atoms in total. The van der Waals surface area contributed by atoms with Crippen LogP contribution in [0.4, 0.5) is 0 Å². The van der Waals surface area contributed by atoms with Gasteiger partial charge in [0.25, 0.3) is 0 Å². The van der Waals surface area contributed by atoms with Crippen molar-refractivity contribution in [3.8, 4) is 0 Å². The summed E-state index contributed by atoms with van der Waals surface area (Å²) in [5.41, 5.74) is 3.08. The molecule has 4 heteroatoms. The second kappa shape index (κ2) is 6.06. The Morgan fingerprint density at radius 1 is 1.14 bits per heavy atom. The summed E-state index contributed by atoms with van der Waals surface area (Å²) in [6.07, 6.45) is 3.45. The number of aromatic nitrogens is 3. The Morgan fingerprint density at radius 2 is 1.95 bits per heavy atom. The first-order valence-corrected chi connectivity index (χ1v) is 7.22. The number of pyridine rings is 1. The molecular formula is C17H19N3O. The van der Waals surface area contributed by atoms with Gasteiger partial charge in [0.05, 0.1) is 17.3 Å². The van der Waals surface area contributed by atoms with Gasteiger partial charge in [-0.1, -0.05) is 24.3 Å². The molecule has 2 heterocycles. The molecule has 0 spiro atoms. The van der Waals surface area contributed by atoms with Crippen molar-refractivity contribution in [1.29, 1.82) is 0 Å². The average molecular weight is 281 g/mol. The minimum absolute atomic E-state index is 0.398. The molecule has 1 atom stereocenters. The van der Waals surface area contributed by atoms with Crippen molar-refractivity contribution in [2.24, 2.45) is 7.05 Å². The summed E-state index contributed by atoms with van der Waals surface area (Å²) in [6.45, 7) is 0. The van der Waals surface area contributed by atoms with Gasteiger partial charge in [0.15, 0.2) is 0 Å². The van der Waals surface area contributed by atoms with Gasteiger partial charge in [-0.2, -0.15) is 5.10 Å². The molecule has 1 aromatic carbocycles. The van der Waals surface area contributed by atoms with Gasteiger partial charge in [0.1, 0.15) is 0 Å². The standard InChI is InChI=1S/C17H19N3O/c1-20-17-8-3-2-7-15(17)16(19-20)12-14(21)10-9-13-6-4-5-11-18-13/h2-8,11,14,21H,9-10,12H2,1H3. The molecule has 3 aromatic rings. The summed E-state index contributed by atoms with van der Waals surface area (Å²) in [5.74, 6) is 0. The lowest BCUT2D eigenvalue weighted by atomic mass is 10.0. The number of hydrogen-bond acceptors (Lipinski definition) is 3. The monoisotopic (exact) mass is 281 g/mol. The van der Waals surface area contributed by atoms with Gasteiger partial charge in [-0.15, -0.1) is 0 Å². The average Bonchev–Trinajstić information content (AvgIpc) is 2.83. The number of aliphatic hydroxyl groups is 1. The van der Waals surface area contributed by atoms with Gasteiger partial charge in [-0.25, -0.2) is 0 Å². The highest BCUT2D eigenvalue weighted by Gasteiger charge is 2.13. The van der Waals surface area contributed by atoms with Gasteiger partial charge in [0.2, 0.25) is 0 Å². The summed E-state index contributed by atoms with van der Waals surface area (Å²) in [6, 6.07) is 14.0. The van der Waals surface area contributed by atoms with Crippen LogP contribution in [0.3, 0.4) is 0 Å². The maximum absolute atomic E-state index is 10.3. The van der Waals surface area contributed by atoms with E-state index >= 15 is 0 Å². The van der Waals surface area contributed by atoms with E-state index in [9.17, 15) is 5.11 Å². The number of para-hydroxylation sites is 1. The number of rotatable bonds is 5. The first-order chi connectivity index (χ1) is 10.2. The van der Waals surface area contributed by atoms with Crippen LogP contribution in [0.25, 0.3) is 10.9 Å². The van der Waals surface area contributed by atoms with Crippen molar-refractivity contribution in [3.05, 3.63) is 60.0 Å². The van der Waals surface area contributed by atoms with Crippen LogP contribution in [0.15, 0.2) is 48.7 Å². The molecule has 1 N–H and O–H groups in total. The minimum Gasteiger partial charge on any atom is -0.393 e. The van der Waals surface area contributed by atoms with Crippen molar-refractivity contribution in [2.75, 3.05) is 0 Å². The minimum atomic E-state index is -0.398. The summed E-state index contributed by atoms with van der Waals surface area (Å²) in [7, 11) is 1.94. The molecule has 0 aliphatic rings. The second-order valence-corrected chi connectivity index (χ2v) is 5.31. The lowest BCUT2D eigenvalue weighted by Crippen LogP contribution is -2.12. The van der Waals surface area contributed by atoms with Crippen molar-refractivity contribution >= 4 is 10.9 Å². The molecule has 1 unspecified atom stereocenters. The number of aryl methyl sites for hydroxylation is 2. The van der Waals surface area contributed by atoms with Gasteiger partial charge >= 0.3 is 0 Å². The predicted molar refractivity (Wildman–Crippen MR) is 83.0 cm³/mol. The Kier molecular flexibility index (Phi) is 3.97. The topological polar surface area (TPSA) is 50.9 Å². The van der Waals surface area contributed by atoms with Crippen LogP contribution in [0, 0.1) is 0 Å². The normalized spacial score (nSPS) is 12.7. The van der Waals surface area contributed by atoms with E-state index in [-0.39, 0.29) is 0 Å². The number of hydrogen-bond donors (Lipinski definition) is 1. The zero-order valence-corrected chi connectivity index (χ0v) is 12.1. The Bertz CT molecular complexity index is 721. The summed E-state index contributed by atoms with van der Waals surface area (Å²) in [5, 5.41) is 15.9. The molecule has 21 heavy (non-hydrogen) atoms. The van der Waals surface area contributed by atoms with E-state index < -0.39 is 6.10 Å². The third-order valence-electron chi connectivity index (χ3n) is 3.72. The fourth-order valence-electron chi connectivity index (χ4n) is 2.63. The SMILES string of the molecule is Cn1nc(CC(O)CCc2ccccn2)c2ccccc21. The highest BCUT2D eigenvalue weighted by atomic mass is 16.3. The van der Waals surface area contributed by atoms with E-state index in [1.165, 1.54) is 0 Å². The Labute approximate surface area is 124 Å². The van der Waals surface area contributed by atoms with Crippen LogP contribution in [0.5, 0.6) is 0 Å². The van der Waals surface area contributed by atoms with E-state index in [0.717, 1.165) is 28.7 Å². The molecule has 2 aromatic heterocycles. The molecule has 0 fully saturated rings. The number of nitrogens with zero attached hydrogens (tertiary/aromatic N) is 3. The van der Waals surface area contributed by atoms with Crippen molar-refractivity contribution in [3.63, 3.8) is 0 Å². The van der Waals surface area contributed by atoms with Crippen molar-refractivity contribution in [1.82, 2.24) is 14.8 Å². The van der Waals surface area contributed by atoms with Gasteiger partial charge < -0.3 is 5.11 Å². The molecule has 0 saturated carbocycles. The molecule has 0 radical (unpaired) electrons. The molecule has 0 saturated heterocycles. The molecule has 108 valence electrons. The fraction of sp³-hybridized carbons (Fsp3) is 0.294. The quantitative estimate of drug-likeness (QED) is 0.781. The van der Waals surface area contributed by atoms with Crippen LogP contribution < -0.4 is 0 Å². The Morgan fingerprint density at radius 3 is 2.76 bits per heavy atom. The molecule has 0 bridgehead atoms. The van der Waals surface area contributed by atoms with Crippen LogP contribution >= 0.6 is 0 Å². The van der Waals surface area contributed by atoms with Gasteiger partial charge in [-0.05, 0) is 31.0 Å². The highest BCUT2D eigenvalue weighted by Crippen LogP contribution is 2.19. The third-order valence-corrected chi connectivity index (χ3v) is 3.72. The van der Waals surface area contributed by atoms with E-state index in [0.29, 0.717) is 12.8 Å². The maximum Gasteiger partial charge on any atom is 0.0728 e. The Balaban J connectivity index is 1.68. The lowest BCUT2D eigenvalue weighted by molar-refractivity contribution is 0.164. The fourth-order valence-corrected chi connectivity index (χ4v) is 2.63. The van der Waals surface area contributed by atoms with E-state index in [2.05, 4.69) is 16.1 Å². The van der Waals surface area contributed by atoms with E-state index in [1.54, 1.807) is 6.20 Å². The largest absolute Gasteiger partial charge is 0.393 e. The van der Waals surface area contributed by atoms with E-state index in [1.807, 2.05) is 48.1 Å². The second-order valence-electron chi connectivity index (χ2n) is 5.31. The molecule has 0 aliphatic carbocycles. The van der Waals surface area contributed by atoms with Crippen molar-refractivity contribution < 1.29 is 5.11 Å². The zero-order chi connectivity index (χ0) is 14.7. The number of aliphatic hydroxyl groups excluding tert-OH is 1. The molecular weight excluding hydrogens is 262 g/mol. The summed E-state index contributed by atoms with van der Waals surface area (Å²) >= 11 is 0. The van der Waals surface area contributed by atoms with Crippen LogP contribution in [0.2, 0.25) is 0 Å². The Hall–Kier alpha value is -2.20. The number of fused-ring (bicyclic) bond motifs is 1. The molecule has 0 amide bonds. The smallest absolute Gasteiger partial charge is 0.0728 e. The van der Waals surface area contributed by atoms with Gasteiger partial charge in [0, 0.05) is 30.7 Å². The first kappa shape index (κ1) is 13.8. The number of benzene rings is 1. The summed E-state index contributed by atoms with van der Waals surface area (Å²) in [4.78, 5) is 4.28. The lowest BCUT2D eigenvalue weighted by Gasteiger charge is -2.08. The first-order valence-electron chi connectivity index (χ1n) is 7.22. The zero-order valence-electron chi connectivity index (χ0n) is 12.1. The maximum atomic E-state index is 10.3. The molecule has 3 rings (SSSR count). The van der Waals surface area contributed by atoms with Crippen molar-refractivity contribution in [2.45, 2.75) is 25.4 Å².